The highest BCUT2D eigenvalue weighted by Gasteiger charge is 2.09. The van der Waals surface area contributed by atoms with Gasteiger partial charge in [-0.1, -0.05) is 17.3 Å². The van der Waals surface area contributed by atoms with Gasteiger partial charge >= 0.3 is 0 Å². The summed E-state index contributed by atoms with van der Waals surface area (Å²) in [5, 5.41) is 11.6. The molecule has 0 fully saturated rings. The number of nitrogens with zero attached hydrogens (tertiary/aromatic N) is 2. The standard InChI is InChI=1S/C15H15BrFN3O/c1-20(9-11-3-2-4-13(17)14(11)16)12-7-5-10(6-8-12)15(18)19-21/h2-8,21H,9H2,1H3,(H2,18,19). The highest BCUT2D eigenvalue weighted by molar-refractivity contribution is 9.10. The number of amidine groups is 1. The molecule has 0 saturated heterocycles. The number of hydrogen-bond donors (Lipinski definition) is 2. The van der Waals surface area contributed by atoms with E-state index in [0.717, 1.165) is 11.3 Å². The molecular weight excluding hydrogens is 337 g/mol. The molecular formula is C15H15BrFN3O. The second kappa shape index (κ2) is 6.58. The summed E-state index contributed by atoms with van der Waals surface area (Å²) in [7, 11) is 1.91. The summed E-state index contributed by atoms with van der Waals surface area (Å²) in [6.07, 6.45) is 0. The molecule has 2 rings (SSSR count). The monoisotopic (exact) mass is 351 g/mol. The van der Waals surface area contributed by atoms with E-state index < -0.39 is 0 Å². The van der Waals surface area contributed by atoms with Crippen molar-refractivity contribution in [1.29, 1.82) is 0 Å². The molecule has 0 amide bonds. The van der Waals surface area contributed by atoms with Gasteiger partial charge in [0.2, 0.25) is 0 Å². The maximum atomic E-state index is 13.5. The molecule has 0 bridgehead atoms. The van der Waals surface area contributed by atoms with Crippen molar-refractivity contribution in [2.24, 2.45) is 10.9 Å². The first-order chi connectivity index (χ1) is 10.0. The van der Waals surface area contributed by atoms with Gasteiger partial charge in [0.05, 0.1) is 4.47 Å². The summed E-state index contributed by atoms with van der Waals surface area (Å²) in [4.78, 5) is 1.98. The van der Waals surface area contributed by atoms with Crippen LogP contribution in [0.3, 0.4) is 0 Å². The first-order valence-corrected chi connectivity index (χ1v) is 7.04. The van der Waals surface area contributed by atoms with E-state index in [1.54, 1.807) is 18.2 Å². The molecule has 2 aromatic carbocycles. The fourth-order valence-corrected chi connectivity index (χ4v) is 2.35. The Kier molecular flexibility index (Phi) is 4.80. The molecule has 0 heterocycles. The molecule has 3 N–H and O–H groups in total. The minimum atomic E-state index is -0.275. The maximum absolute atomic E-state index is 13.5. The molecule has 0 aliphatic carbocycles. The van der Waals surface area contributed by atoms with Crippen LogP contribution in [-0.2, 0) is 6.54 Å². The Bertz CT molecular complexity index is 658. The molecule has 0 unspecified atom stereocenters. The van der Waals surface area contributed by atoms with E-state index in [2.05, 4.69) is 21.1 Å². The average molecular weight is 352 g/mol. The second-order valence-electron chi connectivity index (χ2n) is 4.60. The zero-order chi connectivity index (χ0) is 15.4. The summed E-state index contributed by atoms with van der Waals surface area (Å²) in [5.41, 5.74) is 7.96. The van der Waals surface area contributed by atoms with Crippen LogP contribution in [-0.4, -0.2) is 18.1 Å². The van der Waals surface area contributed by atoms with E-state index in [0.29, 0.717) is 16.6 Å². The van der Waals surface area contributed by atoms with Gasteiger partial charge in [-0.15, -0.1) is 0 Å². The number of hydrogen-bond acceptors (Lipinski definition) is 3. The van der Waals surface area contributed by atoms with Crippen LogP contribution in [0.1, 0.15) is 11.1 Å². The van der Waals surface area contributed by atoms with Crippen molar-refractivity contribution in [1.82, 2.24) is 0 Å². The first-order valence-electron chi connectivity index (χ1n) is 6.25. The molecule has 0 saturated carbocycles. The molecule has 110 valence electrons. The Morgan fingerprint density at radius 1 is 1.29 bits per heavy atom. The molecule has 2 aromatic rings. The van der Waals surface area contributed by atoms with E-state index in [4.69, 9.17) is 10.9 Å². The van der Waals surface area contributed by atoms with Crippen molar-refractivity contribution < 1.29 is 9.60 Å². The Hall–Kier alpha value is -2.08. The van der Waals surface area contributed by atoms with E-state index in [1.807, 2.05) is 30.1 Å². The largest absolute Gasteiger partial charge is 0.409 e. The maximum Gasteiger partial charge on any atom is 0.170 e. The predicted molar refractivity (Wildman–Crippen MR) is 85.2 cm³/mol. The average Bonchev–Trinajstić information content (AvgIpc) is 2.51. The number of nitrogens with two attached hydrogens (primary N) is 1. The van der Waals surface area contributed by atoms with Gasteiger partial charge < -0.3 is 15.8 Å². The SMILES string of the molecule is CN(Cc1cccc(F)c1Br)c1ccc(/C(N)=N/O)cc1. The van der Waals surface area contributed by atoms with E-state index in [-0.39, 0.29) is 11.7 Å². The van der Waals surface area contributed by atoms with Gasteiger partial charge in [0.1, 0.15) is 5.82 Å². The zero-order valence-corrected chi connectivity index (χ0v) is 13.0. The highest BCUT2D eigenvalue weighted by Crippen LogP contribution is 2.23. The molecule has 0 aliphatic rings. The van der Waals surface area contributed by atoms with Crippen molar-refractivity contribution in [3.05, 3.63) is 63.9 Å². The van der Waals surface area contributed by atoms with Crippen LogP contribution in [0.15, 0.2) is 52.1 Å². The van der Waals surface area contributed by atoms with Crippen LogP contribution >= 0.6 is 15.9 Å². The third-order valence-electron chi connectivity index (χ3n) is 3.15. The van der Waals surface area contributed by atoms with Gasteiger partial charge in [-0.3, -0.25) is 0 Å². The fourth-order valence-electron chi connectivity index (χ4n) is 1.96. The van der Waals surface area contributed by atoms with Crippen molar-refractivity contribution in [3.8, 4) is 0 Å². The predicted octanol–water partition coefficient (Wildman–Crippen LogP) is 3.32. The molecule has 21 heavy (non-hydrogen) atoms. The van der Waals surface area contributed by atoms with Crippen molar-refractivity contribution in [2.75, 3.05) is 11.9 Å². The van der Waals surface area contributed by atoms with E-state index in [9.17, 15) is 4.39 Å². The van der Waals surface area contributed by atoms with Gasteiger partial charge in [0, 0.05) is 24.8 Å². The van der Waals surface area contributed by atoms with Crippen molar-refractivity contribution >= 4 is 27.5 Å². The zero-order valence-electron chi connectivity index (χ0n) is 11.4. The summed E-state index contributed by atoms with van der Waals surface area (Å²) >= 11 is 3.26. The van der Waals surface area contributed by atoms with Crippen molar-refractivity contribution in [2.45, 2.75) is 6.54 Å². The minimum Gasteiger partial charge on any atom is -0.409 e. The Morgan fingerprint density at radius 3 is 2.57 bits per heavy atom. The molecule has 0 radical (unpaired) electrons. The lowest BCUT2D eigenvalue weighted by Crippen LogP contribution is -2.18. The molecule has 0 aliphatic heterocycles. The van der Waals surface area contributed by atoms with Gasteiger partial charge in [-0.05, 0) is 51.8 Å². The summed E-state index contributed by atoms with van der Waals surface area (Å²) in [6, 6.07) is 12.2. The molecule has 0 aromatic heterocycles. The quantitative estimate of drug-likeness (QED) is 0.384. The number of halogens is 2. The normalized spacial score (nSPS) is 11.5. The van der Waals surface area contributed by atoms with E-state index in [1.165, 1.54) is 6.07 Å². The van der Waals surface area contributed by atoms with Crippen LogP contribution in [0.4, 0.5) is 10.1 Å². The van der Waals surface area contributed by atoms with Crippen LogP contribution in [0.2, 0.25) is 0 Å². The van der Waals surface area contributed by atoms with Crippen molar-refractivity contribution in [3.63, 3.8) is 0 Å². The van der Waals surface area contributed by atoms with Gasteiger partial charge in [-0.2, -0.15) is 0 Å². The molecule has 4 nitrogen and oxygen atoms in total. The Balaban J connectivity index is 2.17. The number of rotatable bonds is 4. The van der Waals surface area contributed by atoms with Crippen LogP contribution in [0.5, 0.6) is 0 Å². The summed E-state index contributed by atoms with van der Waals surface area (Å²) in [6.45, 7) is 0.557. The second-order valence-corrected chi connectivity index (χ2v) is 5.39. The molecule has 0 atom stereocenters. The lowest BCUT2D eigenvalue weighted by atomic mass is 10.1. The summed E-state index contributed by atoms with van der Waals surface area (Å²) in [5.74, 6) is -0.208. The van der Waals surface area contributed by atoms with Crippen LogP contribution < -0.4 is 10.6 Å². The third kappa shape index (κ3) is 3.52. The molecule has 0 spiro atoms. The molecule has 6 heteroatoms. The summed E-state index contributed by atoms with van der Waals surface area (Å²) < 4.78 is 14.0. The van der Waals surface area contributed by atoms with Crippen LogP contribution in [0, 0.1) is 5.82 Å². The van der Waals surface area contributed by atoms with Gasteiger partial charge in [0.25, 0.3) is 0 Å². The lowest BCUT2D eigenvalue weighted by molar-refractivity contribution is 0.318. The van der Waals surface area contributed by atoms with Gasteiger partial charge in [0.15, 0.2) is 5.84 Å². The topological polar surface area (TPSA) is 61.8 Å². The third-order valence-corrected chi connectivity index (χ3v) is 4.04. The highest BCUT2D eigenvalue weighted by atomic mass is 79.9. The number of oxime groups is 1. The van der Waals surface area contributed by atoms with Gasteiger partial charge in [-0.25, -0.2) is 4.39 Å². The Morgan fingerprint density at radius 2 is 1.95 bits per heavy atom. The fraction of sp³-hybridized carbons (Fsp3) is 0.133. The number of benzene rings is 2. The minimum absolute atomic E-state index is 0.0667. The number of anilines is 1. The Labute approximate surface area is 130 Å². The lowest BCUT2D eigenvalue weighted by Gasteiger charge is -2.20. The smallest absolute Gasteiger partial charge is 0.170 e. The first kappa shape index (κ1) is 15.3. The van der Waals surface area contributed by atoms with E-state index >= 15 is 0 Å². The van der Waals surface area contributed by atoms with Crippen LogP contribution in [0.25, 0.3) is 0 Å².